The van der Waals surface area contributed by atoms with Crippen LogP contribution in [0.25, 0.3) is 0 Å². The number of guanidine groups is 1. The van der Waals surface area contributed by atoms with Gasteiger partial charge in [0.05, 0.1) is 0 Å². The lowest BCUT2D eigenvalue weighted by Crippen LogP contribution is -2.40. The van der Waals surface area contributed by atoms with E-state index in [0.29, 0.717) is 0 Å². The normalized spacial score (nSPS) is 11.6. The van der Waals surface area contributed by atoms with Gasteiger partial charge in [0.2, 0.25) is 0 Å². The molecule has 0 aliphatic heterocycles. The predicted molar refractivity (Wildman–Crippen MR) is 85.0 cm³/mol. The number of rotatable bonds is 7. The van der Waals surface area contributed by atoms with E-state index in [9.17, 15) is 0 Å². The van der Waals surface area contributed by atoms with Gasteiger partial charge in [0.25, 0.3) is 0 Å². The van der Waals surface area contributed by atoms with Crippen LogP contribution in [0.2, 0.25) is 0 Å². The van der Waals surface area contributed by atoms with Gasteiger partial charge in [-0.1, -0.05) is 6.07 Å². The fraction of sp³-hybridized carbons (Fsp3) is 0.615. The molecule has 102 valence electrons. The Labute approximate surface area is 119 Å². The third-order valence-corrected chi connectivity index (χ3v) is 4.29. The zero-order valence-corrected chi connectivity index (χ0v) is 13.1. The van der Waals surface area contributed by atoms with E-state index in [4.69, 9.17) is 0 Å². The third kappa shape index (κ3) is 5.78. The molecule has 5 heteroatoms. The van der Waals surface area contributed by atoms with Crippen molar-refractivity contribution < 1.29 is 0 Å². The zero-order valence-electron chi connectivity index (χ0n) is 11.5. The van der Waals surface area contributed by atoms with Gasteiger partial charge >= 0.3 is 0 Å². The number of nitrogens with one attached hydrogen (secondary N) is 1. The first-order valence-corrected chi connectivity index (χ1v) is 8.48. The number of nitrogens with zero attached hydrogens (tertiary/aromatic N) is 2. The monoisotopic (exact) mass is 285 g/mol. The van der Waals surface area contributed by atoms with Gasteiger partial charge in [0.15, 0.2) is 5.96 Å². The number of aliphatic imine (C=N–C) groups is 1. The largest absolute Gasteiger partial charge is 0.356 e. The molecule has 1 aromatic heterocycles. The van der Waals surface area contributed by atoms with Gasteiger partial charge in [-0.05, 0) is 36.3 Å². The van der Waals surface area contributed by atoms with Crippen molar-refractivity contribution in [1.29, 1.82) is 0 Å². The lowest BCUT2D eigenvalue weighted by Gasteiger charge is -2.21. The second kappa shape index (κ2) is 9.28. The molecule has 1 heterocycles. The molecular formula is C13H23N3S2. The molecule has 0 atom stereocenters. The molecular weight excluding hydrogens is 262 g/mol. The van der Waals surface area contributed by atoms with E-state index in [1.807, 2.05) is 30.1 Å². The molecule has 18 heavy (non-hydrogen) atoms. The van der Waals surface area contributed by atoms with Gasteiger partial charge in [-0.15, -0.1) is 11.3 Å². The van der Waals surface area contributed by atoms with Crippen molar-refractivity contribution in [2.75, 3.05) is 39.2 Å². The van der Waals surface area contributed by atoms with E-state index in [-0.39, 0.29) is 0 Å². The van der Waals surface area contributed by atoms with Crippen molar-refractivity contribution in [3.8, 4) is 0 Å². The molecule has 0 radical (unpaired) electrons. The third-order valence-electron chi connectivity index (χ3n) is 2.66. The SMILES string of the molecule is CN=C(NCCCSC)N(C)CCc1cccs1. The second-order valence-electron chi connectivity index (χ2n) is 4.07. The van der Waals surface area contributed by atoms with Gasteiger partial charge in [0.1, 0.15) is 0 Å². The minimum atomic E-state index is 0.993. The summed E-state index contributed by atoms with van der Waals surface area (Å²) in [6, 6.07) is 4.29. The Balaban J connectivity index is 2.26. The maximum Gasteiger partial charge on any atom is 0.193 e. The maximum absolute atomic E-state index is 4.31. The summed E-state index contributed by atoms with van der Waals surface area (Å²) >= 11 is 3.70. The van der Waals surface area contributed by atoms with Crippen LogP contribution in [-0.4, -0.2) is 50.1 Å². The zero-order chi connectivity index (χ0) is 13.2. The second-order valence-corrected chi connectivity index (χ2v) is 6.09. The minimum Gasteiger partial charge on any atom is -0.356 e. The number of hydrogen-bond donors (Lipinski definition) is 1. The Morgan fingerprint density at radius 2 is 2.39 bits per heavy atom. The Bertz CT molecular complexity index is 336. The molecule has 0 fully saturated rings. The van der Waals surface area contributed by atoms with Gasteiger partial charge in [0, 0.05) is 32.1 Å². The van der Waals surface area contributed by atoms with Gasteiger partial charge in [-0.2, -0.15) is 11.8 Å². The lowest BCUT2D eigenvalue weighted by atomic mass is 10.3. The molecule has 0 unspecified atom stereocenters. The molecule has 0 aliphatic carbocycles. The van der Waals surface area contributed by atoms with E-state index >= 15 is 0 Å². The summed E-state index contributed by atoms with van der Waals surface area (Å²) in [4.78, 5) is 7.94. The highest BCUT2D eigenvalue weighted by atomic mass is 32.2. The van der Waals surface area contributed by atoms with Crippen LogP contribution in [0.4, 0.5) is 0 Å². The first-order valence-electron chi connectivity index (χ1n) is 6.21. The van der Waals surface area contributed by atoms with Crippen LogP contribution in [0, 0.1) is 0 Å². The summed E-state index contributed by atoms with van der Waals surface area (Å²) in [5, 5.41) is 5.53. The van der Waals surface area contributed by atoms with E-state index < -0.39 is 0 Å². The number of hydrogen-bond acceptors (Lipinski definition) is 3. The fourth-order valence-electron chi connectivity index (χ4n) is 1.64. The van der Waals surface area contributed by atoms with Crippen molar-refractivity contribution in [2.45, 2.75) is 12.8 Å². The summed E-state index contributed by atoms with van der Waals surface area (Å²) in [5.41, 5.74) is 0. The molecule has 1 aromatic rings. The van der Waals surface area contributed by atoms with Gasteiger partial charge in [-0.25, -0.2) is 0 Å². The number of likely N-dealkylation sites (N-methyl/N-ethyl adjacent to an activating group) is 1. The Hall–Kier alpha value is -0.680. The lowest BCUT2D eigenvalue weighted by molar-refractivity contribution is 0.486. The fourth-order valence-corrected chi connectivity index (χ4v) is 2.77. The van der Waals surface area contributed by atoms with Crippen LogP contribution in [0.1, 0.15) is 11.3 Å². The predicted octanol–water partition coefficient (Wildman–Crippen LogP) is 2.55. The molecule has 0 bridgehead atoms. The van der Waals surface area contributed by atoms with Crippen molar-refractivity contribution in [1.82, 2.24) is 10.2 Å². The van der Waals surface area contributed by atoms with E-state index in [2.05, 4.69) is 46.0 Å². The van der Waals surface area contributed by atoms with Crippen LogP contribution in [0.5, 0.6) is 0 Å². The molecule has 0 saturated carbocycles. The van der Waals surface area contributed by atoms with E-state index in [1.54, 1.807) is 0 Å². The Kier molecular flexibility index (Phi) is 7.93. The molecule has 0 saturated heterocycles. The summed E-state index contributed by atoms with van der Waals surface area (Å²) < 4.78 is 0. The van der Waals surface area contributed by atoms with E-state index in [1.165, 1.54) is 17.1 Å². The molecule has 0 amide bonds. The maximum atomic E-state index is 4.31. The van der Waals surface area contributed by atoms with Crippen molar-refractivity contribution >= 4 is 29.1 Å². The Morgan fingerprint density at radius 3 is 3.00 bits per heavy atom. The number of thiophene rings is 1. The van der Waals surface area contributed by atoms with Crippen molar-refractivity contribution in [2.24, 2.45) is 4.99 Å². The molecule has 1 rings (SSSR count). The average Bonchev–Trinajstić information content (AvgIpc) is 2.89. The molecule has 3 nitrogen and oxygen atoms in total. The molecule has 1 N–H and O–H groups in total. The highest BCUT2D eigenvalue weighted by Crippen LogP contribution is 2.09. The first-order chi connectivity index (χ1) is 8.77. The van der Waals surface area contributed by atoms with Crippen LogP contribution >= 0.6 is 23.1 Å². The van der Waals surface area contributed by atoms with Crippen LogP contribution in [0.15, 0.2) is 22.5 Å². The summed E-state index contributed by atoms with van der Waals surface area (Å²) in [7, 11) is 3.94. The molecule has 0 spiro atoms. The summed E-state index contributed by atoms with van der Waals surface area (Å²) in [6.45, 7) is 2.00. The van der Waals surface area contributed by atoms with Crippen LogP contribution < -0.4 is 5.32 Å². The Morgan fingerprint density at radius 1 is 1.56 bits per heavy atom. The van der Waals surface area contributed by atoms with Crippen molar-refractivity contribution in [3.63, 3.8) is 0 Å². The number of thioether (sulfide) groups is 1. The molecule has 0 aromatic carbocycles. The first kappa shape index (κ1) is 15.4. The van der Waals surface area contributed by atoms with Crippen LogP contribution in [0.3, 0.4) is 0 Å². The topological polar surface area (TPSA) is 27.6 Å². The summed E-state index contributed by atoms with van der Waals surface area (Å²) in [5.74, 6) is 2.19. The minimum absolute atomic E-state index is 0.993. The van der Waals surface area contributed by atoms with Gasteiger partial charge < -0.3 is 10.2 Å². The smallest absolute Gasteiger partial charge is 0.193 e. The highest BCUT2D eigenvalue weighted by Gasteiger charge is 2.05. The average molecular weight is 285 g/mol. The van der Waals surface area contributed by atoms with Crippen molar-refractivity contribution in [3.05, 3.63) is 22.4 Å². The highest BCUT2D eigenvalue weighted by molar-refractivity contribution is 7.98. The van der Waals surface area contributed by atoms with Crippen LogP contribution in [-0.2, 0) is 6.42 Å². The molecule has 0 aliphatic rings. The quantitative estimate of drug-likeness (QED) is 0.474. The summed E-state index contributed by atoms with van der Waals surface area (Å²) in [6.07, 6.45) is 4.40. The van der Waals surface area contributed by atoms with Gasteiger partial charge in [-0.3, -0.25) is 4.99 Å². The van der Waals surface area contributed by atoms with E-state index in [0.717, 1.165) is 25.5 Å². The standard InChI is InChI=1S/C13H23N3S2/c1-14-13(15-8-5-10-17-3)16(2)9-7-12-6-4-11-18-12/h4,6,11H,5,7-10H2,1-3H3,(H,14,15).